The summed E-state index contributed by atoms with van der Waals surface area (Å²) in [6.45, 7) is 0. The number of pyridine rings is 1. The number of amides is 2. The quantitative estimate of drug-likeness (QED) is 0.350. The molecule has 11 nitrogen and oxygen atoms in total. The Balaban J connectivity index is 1.51. The zero-order valence-electron chi connectivity index (χ0n) is 15.1. The van der Waals surface area contributed by atoms with Gasteiger partial charge in [0.2, 0.25) is 5.91 Å². The summed E-state index contributed by atoms with van der Waals surface area (Å²) >= 11 is 1.16. The summed E-state index contributed by atoms with van der Waals surface area (Å²) in [7, 11) is 1.78. The lowest BCUT2D eigenvalue weighted by molar-refractivity contribution is -0.384. The molecule has 0 unspecified atom stereocenters. The lowest BCUT2D eigenvalue weighted by Gasteiger charge is -2.07. The molecule has 0 saturated heterocycles. The van der Waals surface area contributed by atoms with Crippen LogP contribution in [-0.2, 0) is 11.8 Å². The van der Waals surface area contributed by atoms with E-state index in [1.807, 2.05) is 0 Å². The molecule has 0 radical (unpaired) electrons. The van der Waals surface area contributed by atoms with Gasteiger partial charge in [-0.3, -0.25) is 35.5 Å². The summed E-state index contributed by atoms with van der Waals surface area (Å²) in [5, 5.41) is 19.3. The van der Waals surface area contributed by atoms with Crippen molar-refractivity contribution in [1.29, 1.82) is 0 Å². The van der Waals surface area contributed by atoms with Crippen LogP contribution in [0, 0.1) is 10.1 Å². The van der Waals surface area contributed by atoms with Gasteiger partial charge in [-0.2, -0.15) is 0 Å². The lowest BCUT2D eigenvalue weighted by atomic mass is 10.2. The van der Waals surface area contributed by atoms with Crippen LogP contribution < -0.4 is 10.9 Å². The van der Waals surface area contributed by atoms with Crippen LogP contribution in [0.3, 0.4) is 0 Å². The van der Waals surface area contributed by atoms with E-state index in [-0.39, 0.29) is 17.0 Å². The Labute approximate surface area is 168 Å². The molecule has 2 heterocycles. The van der Waals surface area contributed by atoms with Crippen molar-refractivity contribution < 1.29 is 14.5 Å². The number of hydrogen-bond acceptors (Lipinski definition) is 8. The first-order chi connectivity index (χ1) is 14.0. The summed E-state index contributed by atoms with van der Waals surface area (Å²) in [6, 6.07) is 8.63. The summed E-state index contributed by atoms with van der Waals surface area (Å²) < 4.78 is 1.75. The number of nitrogens with one attached hydrogen (secondary N) is 2. The Kier molecular flexibility index (Phi) is 6.14. The summed E-state index contributed by atoms with van der Waals surface area (Å²) in [4.78, 5) is 38.0. The molecular formula is C17H15N7O4S. The number of rotatable bonds is 6. The molecule has 0 spiro atoms. The van der Waals surface area contributed by atoms with E-state index >= 15 is 0 Å². The van der Waals surface area contributed by atoms with Crippen LogP contribution >= 0.6 is 11.8 Å². The highest BCUT2D eigenvalue weighted by molar-refractivity contribution is 7.99. The van der Waals surface area contributed by atoms with Crippen molar-refractivity contribution in [2.45, 2.75) is 5.16 Å². The van der Waals surface area contributed by atoms with E-state index < -0.39 is 16.7 Å². The number of benzene rings is 1. The van der Waals surface area contributed by atoms with Crippen LogP contribution in [0.2, 0.25) is 0 Å². The fraction of sp³-hybridized carbons (Fsp3) is 0.118. The van der Waals surface area contributed by atoms with E-state index in [1.54, 1.807) is 36.1 Å². The Bertz CT molecular complexity index is 1040. The number of nitro benzene ring substituents is 1. The van der Waals surface area contributed by atoms with Gasteiger partial charge in [0.05, 0.1) is 10.7 Å². The molecule has 2 aromatic heterocycles. The molecule has 0 atom stereocenters. The average Bonchev–Trinajstić information content (AvgIpc) is 3.11. The van der Waals surface area contributed by atoms with Crippen molar-refractivity contribution in [2.75, 3.05) is 5.75 Å². The minimum Gasteiger partial charge on any atom is -0.305 e. The monoisotopic (exact) mass is 413 g/mol. The van der Waals surface area contributed by atoms with Gasteiger partial charge in [0.1, 0.15) is 0 Å². The van der Waals surface area contributed by atoms with Gasteiger partial charge in [0, 0.05) is 42.7 Å². The third-order valence-electron chi connectivity index (χ3n) is 3.76. The molecule has 3 aromatic rings. The summed E-state index contributed by atoms with van der Waals surface area (Å²) in [5.74, 6) is -0.388. The largest absolute Gasteiger partial charge is 0.305 e. The van der Waals surface area contributed by atoms with Crippen molar-refractivity contribution in [2.24, 2.45) is 7.05 Å². The van der Waals surface area contributed by atoms with Crippen LogP contribution in [0.1, 0.15) is 10.4 Å². The van der Waals surface area contributed by atoms with Crippen molar-refractivity contribution >= 4 is 29.3 Å². The third kappa shape index (κ3) is 4.93. The molecule has 0 bridgehead atoms. The predicted octanol–water partition coefficient (Wildman–Crippen LogP) is 1.34. The number of carbonyl (C=O) groups excluding carboxylic acids is 2. The van der Waals surface area contributed by atoms with Crippen molar-refractivity contribution in [3.05, 3.63) is 64.5 Å². The highest BCUT2D eigenvalue weighted by Crippen LogP contribution is 2.21. The van der Waals surface area contributed by atoms with Crippen LogP contribution in [-0.4, -0.2) is 42.2 Å². The zero-order valence-corrected chi connectivity index (χ0v) is 15.9. The lowest BCUT2D eigenvalue weighted by Crippen LogP contribution is -2.42. The first kappa shape index (κ1) is 19.9. The van der Waals surface area contributed by atoms with Crippen molar-refractivity contribution in [3.8, 4) is 11.4 Å². The molecule has 3 rings (SSSR count). The maximum Gasteiger partial charge on any atom is 0.269 e. The second-order valence-electron chi connectivity index (χ2n) is 5.70. The SMILES string of the molecule is Cn1c(SCC(=O)NNC(=O)c2ccc([N+](=O)[O-])cc2)nnc1-c1ccncc1. The highest BCUT2D eigenvalue weighted by atomic mass is 32.2. The fourth-order valence-corrected chi connectivity index (χ4v) is 3.00. The molecule has 2 amide bonds. The Morgan fingerprint density at radius 3 is 2.45 bits per heavy atom. The molecule has 0 fully saturated rings. The smallest absolute Gasteiger partial charge is 0.269 e. The number of thioether (sulfide) groups is 1. The predicted molar refractivity (Wildman–Crippen MR) is 104 cm³/mol. The molecule has 12 heteroatoms. The molecule has 0 aliphatic heterocycles. The molecular weight excluding hydrogens is 398 g/mol. The number of carbonyl (C=O) groups is 2. The van der Waals surface area contributed by atoms with Crippen LogP contribution in [0.15, 0.2) is 53.9 Å². The molecule has 2 N–H and O–H groups in total. The normalized spacial score (nSPS) is 10.4. The first-order valence-corrected chi connectivity index (χ1v) is 9.20. The average molecular weight is 413 g/mol. The minimum absolute atomic E-state index is 0.00284. The van der Waals surface area contributed by atoms with Crippen LogP contribution in [0.4, 0.5) is 5.69 Å². The van der Waals surface area contributed by atoms with E-state index in [4.69, 9.17) is 0 Å². The maximum absolute atomic E-state index is 12.0. The number of nitro groups is 1. The zero-order chi connectivity index (χ0) is 20.8. The highest BCUT2D eigenvalue weighted by Gasteiger charge is 2.14. The van der Waals surface area contributed by atoms with Gasteiger partial charge in [-0.05, 0) is 24.3 Å². The number of hydrazine groups is 1. The number of hydrogen-bond donors (Lipinski definition) is 2. The van der Waals surface area contributed by atoms with Gasteiger partial charge >= 0.3 is 0 Å². The van der Waals surface area contributed by atoms with Crippen LogP contribution in [0.5, 0.6) is 0 Å². The van der Waals surface area contributed by atoms with Crippen molar-refractivity contribution in [3.63, 3.8) is 0 Å². The van der Waals surface area contributed by atoms with E-state index in [0.717, 1.165) is 17.3 Å². The van der Waals surface area contributed by atoms with Gasteiger partial charge in [-0.15, -0.1) is 10.2 Å². The maximum atomic E-state index is 12.0. The van der Waals surface area contributed by atoms with Gasteiger partial charge in [0.15, 0.2) is 11.0 Å². The summed E-state index contributed by atoms with van der Waals surface area (Å²) in [6.07, 6.45) is 3.30. The molecule has 0 aliphatic carbocycles. The van der Waals surface area contributed by atoms with Gasteiger partial charge < -0.3 is 4.57 Å². The van der Waals surface area contributed by atoms with E-state index in [1.165, 1.54) is 24.3 Å². The van der Waals surface area contributed by atoms with Crippen LogP contribution in [0.25, 0.3) is 11.4 Å². The Morgan fingerprint density at radius 2 is 1.79 bits per heavy atom. The topological polar surface area (TPSA) is 145 Å². The van der Waals surface area contributed by atoms with Gasteiger partial charge in [-0.1, -0.05) is 11.8 Å². The molecule has 148 valence electrons. The first-order valence-electron chi connectivity index (χ1n) is 8.22. The molecule has 1 aromatic carbocycles. The molecule has 0 aliphatic rings. The standard InChI is InChI=1S/C17H15N7O4S/c1-23-15(11-6-8-18-9-7-11)20-22-17(23)29-10-14(25)19-21-16(26)12-2-4-13(5-3-12)24(27)28/h2-9H,10H2,1H3,(H,19,25)(H,21,26). The van der Waals surface area contributed by atoms with E-state index in [0.29, 0.717) is 11.0 Å². The van der Waals surface area contributed by atoms with E-state index in [2.05, 4.69) is 26.0 Å². The van der Waals surface area contributed by atoms with E-state index in [9.17, 15) is 19.7 Å². The third-order valence-corrected chi connectivity index (χ3v) is 4.78. The fourth-order valence-electron chi connectivity index (χ4n) is 2.29. The van der Waals surface area contributed by atoms with Gasteiger partial charge in [-0.25, -0.2) is 0 Å². The Hall–Kier alpha value is -3.80. The van der Waals surface area contributed by atoms with Crippen molar-refractivity contribution in [1.82, 2.24) is 30.6 Å². The molecule has 29 heavy (non-hydrogen) atoms. The second kappa shape index (κ2) is 8.93. The minimum atomic E-state index is -0.586. The molecule has 0 saturated carbocycles. The summed E-state index contributed by atoms with van der Waals surface area (Å²) in [5.41, 5.74) is 5.45. The van der Waals surface area contributed by atoms with Gasteiger partial charge in [0.25, 0.3) is 11.6 Å². The number of non-ortho nitro benzene ring substituents is 1. The number of aromatic nitrogens is 4. The number of nitrogens with zero attached hydrogens (tertiary/aromatic N) is 5. The Morgan fingerprint density at radius 1 is 1.10 bits per heavy atom. The second-order valence-corrected chi connectivity index (χ2v) is 6.64.